The summed E-state index contributed by atoms with van der Waals surface area (Å²) >= 11 is 0. The van der Waals surface area contributed by atoms with Gasteiger partial charge in [-0.3, -0.25) is 0 Å². The highest BCUT2D eigenvalue weighted by atomic mass is 16.5. The second-order valence-corrected chi connectivity index (χ2v) is 17.3. The summed E-state index contributed by atoms with van der Waals surface area (Å²) in [5, 5.41) is 4.62. The molecule has 0 aliphatic carbocycles. The lowest BCUT2D eigenvalue weighted by atomic mass is 9.34. The third-order valence-corrected chi connectivity index (χ3v) is 13.6. The predicted octanol–water partition coefficient (Wildman–Crippen LogP) is 14.2. The highest BCUT2D eigenvalue weighted by molar-refractivity contribution is 6.99. The lowest BCUT2D eigenvalue weighted by Crippen LogP contribution is -2.59. The molecule has 0 fully saturated rings. The molecule has 0 bridgehead atoms. The molecule has 0 saturated carbocycles. The lowest BCUT2D eigenvalue weighted by molar-refractivity contribution is 0.487. The molecular weight excluding hydrogens is 805 g/mol. The summed E-state index contributed by atoms with van der Waals surface area (Å²) in [6.45, 7) is -0.0838. The normalized spacial score (nSPS) is 12.6. The van der Waals surface area contributed by atoms with Crippen LogP contribution in [-0.4, -0.2) is 11.3 Å². The second-order valence-electron chi connectivity index (χ2n) is 17.3. The molecule has 14 rings (SSSR count). The van der Waals surface area contributed by atoms with E-state index in [1.165, 1.54) is 43.9 Å². The predicted molar refractivity (Wildman–Crippen MR) is 274 cm³/mol. The van der Waals surface area contributed by atoms with Gasteiger partial charge in [-0.25, -0.2) is 0 Å². The van der Waals surface area contributed by atoms with Crippen molar-refractivity contribution in [1.29, 1.82) is 0 Å². The number of fused-ring (bicyclic) bond motifs is 10. The Hall–Kier alpha value is -8.74. The van der Waals surface area contributed by atoms with Gasteiger partial charge in [-0.1, -0.05) is 133 Å². The number of hydrogen-bond donors (Lipinski definition) is 0. The highest BCUT2D eigenvalue weighted by Crippen LogP contribution is 2.45. The Labute approximate surface area is 381 Å². The zero-order valence-corrected chi connectivity index (χ0v) is 35.7. The van der Waals surface area contributed by atoms with Gasteiger partial charge in [-0.05, 0) is 119 Å². The van der Waals surface area contributed by atoms with Crippen molar-refractivity contribution >= 4 is 101 Å². The van der Waals surface area contributed by atoms with Crippen LogP contribution in [0.5, 0.6) is 11.5 Å². The largest absolute Gasteiger partial charge is 0.458 e. The van der Waals surface area contributed by atoms with E-state index in [1.807, 2.05) is 12.1 Å². The lowest BCUT2D eigenvalue weighted by Gasteiger charge is -2.40. The third-order valence-electron chi connectivity index (χ3n) is 13.6. The first-order valence-corrected chi connectivity index (χ1v) is 22.5. The molecule has 4 heterocycles. The topological polar surface area (TPSA) is 33.8 Å². The van der Waals surface area contributed by atoms with Crippen molar-refractivity contribution < 1.29 is 9.15 Å². The molecule has 0 atom stereocenters. The van der Waals surface area contributed by atoms with Crippen molar-refractivity contribution in [3.05, 3.63) is 231 Å². The van der Waals surface area contributed by atoms with Crippen LogP contribution < -0.4 is 30.9 Å². The Morgan fingerprint density at radius 2 is 1.03 bits per heavy atom. The minimum absolute atomic E-state index is 0.0838. The van der Waals surface area contributed by atoms with Crippen LogP contribution in [0.4, 0.5) is 34.1 Å². The minimum atomic E-state index is -0.0838. The standard InChI is InChI=1S/C60H38BN3O2/c1-4-15-39(16-5-1)40-27-29-43(30-28-40)62(44-32-34-57-49(35-44)47-22-11-13-25-56(47)65-57)45-31-33-50-59(36-45)66-58-26-14-24-53-60(58)61(50)51-37-48-46-21-10-12-23-52(46)63(41-17-6-2-7-18-41)54(48)38-55(51)64(53)42-19-8-3-9-20-42/h1-38H. The summed E-state index contributed by atoms with van der Waals surface area (Å²) in [6, 6.07) is 82.6. The summed E-state index contributed by atoms with van der Waals surface area (Å²) in [6.07, 6.45) is 0. The van der Waals surface area contributed by atoms with Crippen LogP contribution in [-0.2, 0) is 0 Å². The van der Waals surface area contributed by atoms with E-state index in [1.54, 1.807) is 0 Å². The maximum atomic E-state index is 7.13. The van der Waals surface area contributed by atoms with Crippen LogP contribution in [0.25, 0.3) is 60.6 Å². The summed E-state index contributed by atoms with van der Waals surface area (Å²) in [5.74, 6) is 1.71. The average molecular weight is 844 g/mol. The fourth-order valence-corrected chi connectivity index (χ4v) is 10.7. The molecule has 0 spiro atoms. The summed E-state index contributed by atoms with van der Waals surface area (Å²) in [4.78, 5) is 4.76. The maximum absolute atomic E-state index is 7.13. The van der Waals surface area contributed by atoms with Gasteiger partial charge in [-0.15, -0.1) is 0 Å². The van der Waals surface area contributed by atoms with E-state index in [4.69, 9.17) is 9.15 Å². The van der Waals surface area contributed by atoms with E-state index in [2.05, 4.69) is 233 Å². The number of hydrogen-bond acceptors (Lipinski definition) is 4. The molecule has 308 valence electrons. The fraction of sp³-hybridized carbons (Fsp3) is 0. The van der Waals surface area contributed by atoms with Crippen LogP contribution in [0, 0.1) is 0 Å². The number of ether oxygens (including phenoxy) is 1. The van der Waals surface area contributed by atoms with Crippen LogP contribution in [0.1, 0.15) is 0 Å². The molecule has 0 radical (unpaired) electrons. The van der Waals surface area contributed by atoms with E-state index < -0.39 is 0 Å². The first-order valence-electron chi connectivity index (χ1n) is 22.5. The molecule has 0 unspecified atom stereocenters. The summed E-state index contributed by atoms with van der Waals surface area (Å²) in [5.41, 5.74) is 17.6. The molecule has 2 aliphatic heterocycles. The van der Waals surface area contributed by atoms with Crippen LogP contribution in [0.2, 0.25) is 0 Å². The van der Waals surface area contributed by atoms with E-state index >= 15 is 0 Å². The number of aromatic nitrogens is 1. The van der Waals surface area contributed by atoms with Gasteiger partial charge in [0.15, 0.2) is 0 Å². The number of para-hydroxylation sites is 4. The highest BCUT2D eigenvalue weighted by Gasteiger charge is 2.42. The molecule has 0 N–H and O–H groups in total. The number of furan rings is 1. The third kappa shape index (κ3) is 5.55. The summed E-state index contributed by atoms with van der Waals surface area (Å²) < 4.78 is 15.8. The number of benzene rings is 10. The van der Waals surface area contributed by atoms with Gasteiger partial charge in [0, 0.05) is 67.4 Å². The van der Waals surface area contributed by atoms with Crippen molar-refractivity contribution in [3.63, 3.8) is 0 Å². The molecule has 6 heteroatoms. The van der Waals surface area contributed by atoms with E-state index in [0.717, 1.165) is 78.7 Å². The van der Waals surface area contributed by atoms with Crippen molar-refractivity contribution in [2.75, 3.05) is 9.80 Å². The Bertz CT molecular complexity index is 3860. The van der Waals surface area contributed by atoms with Crippen LogP contribution in [0.3, 0.4) is 0 Å². The molecule has 5 nitrogen and oxygen atoms in total. The molecular formula is C60H38BN3O2. The monoisotopic (exact) mass is 843 g/mol. The van der Waals surface area contributed by atoms with Crippen molar-refractivity contribution in [1.82, 2.24) is 4.57 Å². The van der Waals surface area contributed by atoms with Gasteiger partial charge in [0.25, 0.3) is 6.71 Å². The van der Waals surface area contributed by atoms with E-state index in [-0.39, 0.29) is 6.71 Å². The van der Waals surface area contributed by atoms with Crippen molar-refractivity contribution in [2.45, 2.75) is 0 Å². The summed E-state index contributed by atoms with van der Waals surface area (Å²) in [7, 11) is 0. The molecule has 10 aromatic carbocycles. The fourth-order valence-electron chi connectivity index (χ4n) is 10.7. The Balaban J connectivity index is 0.980. The Morgan fingerprint density at radius 3 is 1.85 bits per heavy atom. The van der Waals surface area contributed by atoms with Crippen LogP contribution in [0.15, 0.2) is 235 Å². The van der Waals surface area contributed by atoms with Gasteiger partial charge in [0.2, 0.25) is 0 Å². The maximum Gasteiger partial charge on any atom is 0.256 e. The molecule has 66 heavy (non-hydrogen) atoms. The zero-order chi connectivity index (χ0) is 43.3. The first-order chi connectivity index (χ1) is 32.7. The molecule has 2 aromatic heterocycles. The number of rotatable bonds is 6. The quantitative estimate of drug-likeness (QED) is 0.156. The second kappa shape index (κ2) is 14.4. The molecule has 0 saturated heterocycles. The van der Waals surface area contributed by atoms with Gasteiger partial charge >= 0.3 is 0 Å². The van der Waals surface area contributed by atoms with Gasteiger partial charge in [0.1, 0.15) is 22.7 Å². The molecule has 12 aromatic rings. The average Bonchev–Trinajstić information content (AvgIpc) is 3.92. The minimum Gasteiger partial charge on any atom is -0.458 e. The first kappa shape index (κ1) is 36.7. The molecule has 0 amide bonds. The van der Waals surface area contributed by atoms with Gasteiger partial charge < -0.3 is 23.5 Å². The van der Waals surface area contributed by atoms with E-state index in [0.29, 0.717) is 0 Å². The van der Waals surface area contributed by atoms with Gasteiger partial charge in [-0.2, -0.15) is 0 Å². The van der Waals surface area contributed by atoms with Gasteiger partial charge in [0.05, 0.1) is 11.0 Å². The smallest absolute Gasteiger partial charge is 0.256 e. The van der Waals surface area contributed by atoms with Crippen LogP contribution >= 0.6 is 0 Å². The number of nitrogens with zero attached hydrogens (tertiary/aromatic N) is 3. The number of anilines is 6. The Morgan fingerprint density at radius 1 is 0.379 bits per heavy atom. The van der Waals surface area contributed by atoms with Crippen molar-refractivity contribution in [2.24, 2.45) is 0 Å². The Kier molecular flexibility index (Phi) is 8.01. The SMILES string of the molecule is c1ccc(-c2ccc(N(c3ccc4c(c3)Oc3cccc5c3B4c3cc4c6ccccc6n(-c6ccccc6)c4cc3N5c3ccccc3)c3ccc4oc5ccccc5c4c3)cc2)cc1. The van der Waals surface area contributed by atoms with Crippen molar-refractivity contribution in [3.8, 4) is 28.3 Å². The zero-order valence-electron chi connectivity index (χ0n) is 35.7. The molecule has 2 aliphatic rings. The van der Waals surface area contributed by atoms with E-state index in [9.17, 15) is 0 Å².